The Kier molecular flexibility index (Phi) is 2.63. The molecule has 1 fully saturated rings. The maximum atomic E-state index is 9.62. The molecule has 2 atom stereocenters. The number of hydrogen-bond donors (Lipinski definition) is 1. The second-order valence-corrected chi connectivity index (χ2v) is 5.00. The topological polar surface area (TPSA) is 42.4 Å². The van der Waals surface area contributed by atoms with E-state index < -0.39 is 0 Å². The van der Waals surface area contributed by atoms with Crippen LogP contribution in [-0.4, -0.2) is 22.8 Å². The third kappa shape index (κ3) is 1.84. The van der Waals surface area contributed by atoms with E-state index in [1.165, 1.54) is 4.70 Å². The van der Waals surface area contributed by atoms with Gasteiger partial charge >= 0.3 is 0 Å². The lowest BCUT2D eigenvalue weighted by Gasteiger charge is -2.26. The van der Waals surface area contributed by atoms with Crippen LogP contribution in [0.4, 0.5) is 0 Å². The highest BCUT2D eigenvalue weighted by atomic mass is 32.1. The molecule has 1 aromatic heterocycles. The smallest absolute Gasteiger partial charge is 0.0850 e. The normalized spacial score (nSPS) is 26.1. The number of aromatic nitrogens is 1. The average Bonchev–Trinajstić information content (AvgIpc) is 2.75. The van der Waals surface area contributed by atoms with Gasteiger partial charge in [-0.3, -0.25) is 0 Å². The molecular formula is C12H13NO2S. The van der Waals surface area contributed by atoms with Crippen molar-refractivity contribution in [3.8, 4) is 0 Å². The molecular weight excluding hydrogens is 222 g/mol. The number of aliphatic hydroxyl groups is 1. The van der Waals surface area contributed by atoms with Crippen LogP contribution in [0.3, 0.4) is 0 Å². The minimum absolute atomic E-state index is 0.0373. The first-order valence-corrected chi connectivity index (χ1v) is 6.34. The summed E-state index contributed by atoms with van der Waals surface area (Å²) >= 11 is 1.64. The van der Waals surface area contributed by atoms with Gasteiger partial charge in [-0.25, -0.2) is 4.98 Å². The second kappa shape index (κ2) is 4.13. The van der Waals surface area contributed by atoms with E-state index in [2.05, 4.69) is 11.1 Å². The van der Waals surface area contributed by atoms with Crippen molar-refractivity contribution in [2.24, 2.45) is 0 Å². The van der Waals surface area contributed by atoms with Crippen LogP contribution in [0.2, 0.25) is 0 Å². The molecule has 2 aromatic rings. The van der Waals surface area contributed by atoms with Crippen LogP contribution in [0, 0.1) is 0 Å². The lowest BCUT2D eigenvalue weighted by molar-refractivity contribution is -0.0447. The van der Waals surface area contributed by atoms with Crippen LogP contribution in [-0.2, 0) is 4.74 Å². The first-order valence-electron chi connectivity index (χ1n) is 5.46. The van der Waals surface area contributed by atoms with E-state index in [0.29, 0.717) is 13.0 Å². The van der Waals surface area contributed by atoms with Crippen LogP contribution >= 0.6 is 11.3 Å². The van der Waals surface area contributed by atoms with E-state index in [1.807, 2.05) is 17.6 Å². The number of fused-ring (bicyclic) bond motifs is 1. The lowest BCUT2D eigenvalue weighted by Crippen LogP contribution is -2.23. The Morgan fingerprint density at radius 1 is 1.44 bits per heavy atom. The van der Waals surface area contributed by atoms with Gasteiger partial charge in [-0.15, -0.1) is 11.3 Å². The van der Waals surface area contributed by atoms with Gasteiger partial charge in [-0.05, 0) is 24.1 Å². The molecule has 0 amide bonds. The fourth-order valence-corrected chi connectivity index (χ4v) is 2.81. The van der Waals surface area contributed by atoms with Crippen molar-refractivity contribution in [3.63, 3.8) is 0 Å². The highest BCUT2D eigenvalue weighted by Gasteiger charge is 2.22. The van der Waals surface area contributed by atoms with Gasteiger partial charge in [0.25, 0.3) is 0 Å². The Labute approximate surface area is 97.7 Å². The van der Waals surface area contributed by atoms with E-state index in [9.17, 15) is 5.11 Å². The van der Waals surface area contributed by atoms with Crippen LogP contribution in [0.5, 0.6) is 0 Å². The molecule has 0 saturated carbocycles. The number of rotatable bonds is 1. The van der Waals surface area contributed by atoms with Crippen LogP contribution in [0.1, 0.15) is 24.5 Å². The van der Waals surface area contributed by atoms with Crippen molar-refractivity contribution < 1.29 is 9.84 Å². The molecule has 0 aliphatic carbocycles. The molecule has 3 nitrogen and oxygen atoms in total. The van der Waals surface area contributed by atoms with Gasteiger partial charge in [0.15, 0.2) is 0 Å². The molecule has 3 rings (SSSR count). The summed E-state index contributed by atoms with van der Waals surface area (Å²) < 4.78 is 6.87. The quantitative estimate of drug-likeness (QED) is 0.825. The van der Waals surface area contributed by atoms with Crippen LogP contribution in [0.25, 0.3) is 10.2 Å². The zero-order chi connectivity index (χ0) is 11.0. The molecule has 2 heterocycles. The highest BCUT2D eigenvalue weighted by molar-refractivity contribution is 7.16. The summed E-state index contributed by atoms with van der Waals surface area (Å²) in [5.41, 5.74) is 4.03. The molecule has 16 heavy (non-hydrogen) atoms. The first kappa shape index (κ1) is 10.2. The van der Waals surface area contributed by atoms with E-state index >= 15 is 0 Å². The lowest BCUT2D eigenvalue weighted by atomic mass is 9.99. The van der Waals surface area contributed by atoms with Gasteiger partial charge < -0.3 is 9.84 Å². The summed E-state index contributed by atoms with van der Waals surface area (Å²) in [5, 5.41) is 9.62. The molecule has 0 spiro atoms. The monoisotopic (exact) mass is 235 g/mol. The molecule has 0 bridgehead atoms. The van der Waals surface area contributed by atoms with E-state index in [0.717, 1.165) is 17.5 Å². The van der Waals surface area contributed by atoms with Crippen molar-refractivity contribution in [2.75, 3.05) is 6.61 Å². The summed E-state index contributed by atoms with van der Waals surface area (Å²) in [4.78, 5) is 4.25. The SMILES string of the molecule is OC1CCOC(c2ccc3ncsc3c2)C1. The van der Waals surface area contributed by atoms with Crippen LogP contribution in [0.15, 0.2) is 23.7 Å². The maximum absolute atomic E-state index is 9.62. The number of thiazole rings is 1. The number of ether oxygens (including phenoxy) is 1. The van der Waals surface area contributed by atoms with Crippen molar-refractivity contribution in [1.29, 1.82) is 0 Å². The van der Waals surface area contributed by atoms with E-state index in [-0.39, 0.29) is 12.2 Å². The summed E-state index contributed by atoms with van der Waals surface area (Å²) in [6.45, 7) is 0.645. The molecule has 4 heteroatoms. The minimum Gasteiger partial charge on any atom is -0.393 e. The largest absolute Gasteiger partial charge is 0.393 e. The zero-order valence-electron chi connectivity index (χ0n) is 8.80. The molecule has 0 radical (unpaired) electrons. The summed E-state index contributed by atoms with van der Waals surface area (Å²) in [6, 6.07) is 6.19. The fourth-order valence-electron chi connectivity index (χ4n) is 2.08. The van der Waals surface area contributed by atoms with Gasteiger partial charge in [0.2, 0.25) is 0 Å². The van der Waals surface area contributed by atoms with Crippen molar-refractivity contribution in [1.82, 2.24) is 4.98 Å². The van der Waals surface area contributed by atoms with Gasteiger partial charge in [-0.2, -0.15) is 0 Å². The molecule has 1 N–H and O–H groups in total. The molecule has 1 aliphatic heterocycles. The summed E-state index contributed by atoms with van der Waals surface area (Å²) in [5.74, 6) is 0. The van der Waals surface area contributed by atoms with Gasteiger partial charge in [0.05, 0.1) is 27.9 Å². The van der Waals surface area contributed by atoms with Crippen molar-refractivity contribution >= 4 is 21.6 Å². The average molecular weight is 235 g/mol. The fraction of sp³-hybridized carbons (Fsp3) is 0.417. The third-order valence-electron chi connectivity index (χ3n) is 2.98. The number of nitrogens with zero attached hydrogens (tertiary/aromatic N) is 1. The van der Waals surface area contributed by atoms with Crippen molar-refractivity contribution in [2.45, 2.75) is 25.0 Å². The number of benzene rings is 1. The predicted molar refractivity (Wildman–Crippen MR) is 63.6 cm³/mol. The van der Waals surface area contributed by atoms with Gasteiger partial charge in [0, 0.05) is 13.0 Å². The molecule has 84 valence electrons. The zero-order valence-corrected chi connectivity index (χ0v) is 9.61. The Bertz CT molecular complexity index is 496. The standard InChI is InChI=1S/C12H13NO2S/c14-9-3-4-15-11(6-9)8-1-2-10-12(5-8)16-7-13-10/h1-2,5,7,9,11,14H,3-4,6H2. The Morgan fingerprint density at radius 2 is 2.38 bits per heavy atom. The Balaban J connectivity index is 1.92. The van der Waals surface area contributed by atoms with E-state index in [1.54, 1.807) is 11.3 Å². The van der Waals surface area contributed by atoms with Gasteiger partial charge in [-0.1, -0.05) is 6.07 Å². The number of hydrogen-bond acceptors (Lipinski definition) is 4. The molecule has 2 unspecified atom stereocenters. The Morgan fingerprint density at radius 3 is 3.25 bits per heavy atom. The second-order valence-electron chi connectivity index (χ2n) is 4.12. The summed E-state index contributed by atoms with van der Waals surface area (Å²) in [6.07, 6.45) is 1.26. The molecule has 1 aromatic carbocycles. The Hall–Kier alpha value is -0.970. The molecule has 1 aliphatic rings. The molecule has 1 saturated heterocycles. The predicted octanol–water partition coefficient (Wildman–Crippen LogP) is 2.51. The summed E-state index contributed by atoms with van der Waals surface area (Å²) in [7, 11) is 0. The third-order valence-corrected chi connectivity index (χ3v) is 3.78. The highest BCUT2D eigenvalue weighted by Crippen LogP contribution is 2.30. The van der Waals surface area contributed by atoms with Crippen LogP contribution < -0.4 is 0 Å². The first-order chi connectivity index (χ1) is 7.83. The van der Waals surface area contributed by atoms with Crippen molar-refractivity contribution in [3.05, 3.63) is 29.3 Å². The maximum Gasteiger partial charge on any atom is 0.0850 e. The van der Waals surface area contributed by atoms with E-state index in [4.69, 9.17) is 4.74 Å². The van der Waals surface area contributed by atoms with Gasteiger partial charge in [0.1, 0.15) is 0 Å². The minimum atomic E-state index is -0.226. The number of aliphatic hydroxyl groups excluding tert-OH is 1.